The number of carbonyl (C=O) groups excluding carboxylic acids is 2. The van der Waals surface area contributed by atoms with E-state index in [2.05, 4.69) is 9.72 Å². The summed E-state index contributed by atoms with van der Waals surface area (Å²) in [6.07, 6.45) is 3.86. The molecule has 2 fully saturated rings. The fourth-order valence-corrected chi connectivity index (χ4v) is 2.73. The van der Waals surface area contributed by atoms with Crippen molar-refractivity contribution in [3.63, 3.8) is 0 Å². The molecule has 0 radical (unpaired) electrons. The van der Waals surface area contributed by atoms with Gasteiger partial charge in [-0.15, -0.1) is 0 Å². The SMILES string of the molecule is COC(=O)CN1CCN2O[C@@H](c3ccncc3)C[C@H]2C1=O. The number of amides is 1. The standard InChI is InChI=1S/C14H17N3O4/c1-20-13(18)9-16-6-7-17-11(14(16)19)8-12(21-17)10-2-4-15-5-3-10/h2-5,11-12H,6-9H2,1H3/t11-,12+/m0/s1. The van der Waals surface area contributed by atoms with E-state index in [9.17, 15) is 9.59 Å². The minimum atomic E-state index is -0.401. The van der Waals surface area contributed by atoms with E-state index < -0.39 is 5.97 Å². The molecule has 0 unspecified atom stereocenters. The van der Waals surface area contributed by atoms with E-state index >= 15 is 0 Å². The van der Waals surface area contributed by atoms with E-state index in [0.29, 0.717) is 19.5 Å². The minimum absolute atomic E-state index is 0.000400. The number of nitrogens with zero attached hydrogens (tertiary/aromatic N) is 3. The van der Waals surface area contributed by atoms with E-state index in [-0.39, 0.29) is 24.6 Å². The summed E-state index contributed by atoms with van der Waals surface area (Å²) < 4.78 is 4.62. The quantitative estimate of drug-likeness (QED) is 0.738. The maximum absolute atomic E-state index is 12.4. The maximum atomic E-state index is 12.4. The third-order valence-electron chi connectivity index (χ3n) is 3.86. The highest BCUT2D eigenvalue weighted by atomic mass is 16.7. The summed E-state index contributed by atoms with van der Waals surface area (Å²) in [6.45, 7) is 1.06. The number of carbonyl (C=O) groups is 2. The molecule has 0 N–H and O–H groups in total. The lowest BCUT2D eigenvalue weighted by Crippen LogP contribution is -2.55. The second kappa shape index (κ2) is 5.79. The Hall–Kier alpha value is -1.99. The number of methoxy groups -OCH3 is 1. The van der Waals surface area contributed by atoms with Crippen molar-refractivity contribution in [2.24, 2.45) is 0 Å². The van der Waals surface area contributed by atoms with Gasteiger partial charge in [-0.25, -0.2) is 0 Å². The second-order valence-electron chi connectivity index (χ2n) is 5.10. The zero-order valence-electron chi connectivity index (χ0n) is 11.8. The van der Waals surface area contributed by atoms with Crippen LogP contribution in [0.15, 0.2) is 24.5 Å². The molecular weight excluding hydrogens is 274 g/mol. The number of fused-ring (bicyclic) bond motifs is 1. The highest BCUT2D eigenvalue weighted by Gasteiger charge is 2.44. The van der Waals surface area contributed by atoms with Crippen molar-refractivity contribution < 1.29 is 19.2 Å². The molecule has 3 heterocycles. The molecule has 2 atom stereocenters. The van der Waals surface area contributed by atoms with Gasteiger partial charge in [-0.1, -0.05) is 0 Å². The number of piperazine rings is 1. The van der Waals surface area contributed by atoms with Gasteiger partial charge in [0.2, 0.25) is 5.91 Å². The lowest BCUT2D eigenvalue weighted by Gasteiger charge is -2.34. The van der Waals surface area contributed by atoms with Crippen LogP contribution in [0.4, 0.5) is 0 Å². The second-order valence-corrected chi connectivity index (χ2v) is 5.10. The number of hydroxylamine groups is 2. The van der Waals surface area contributed by atoms with E-state index in [1.54, 1.807) is 17.5 Å². The molecule has 1 aromatic heterocycles. The van der Waals surface area contributed by atoms with Crippen LogP contribution in [0.1, 0.15) is 18.1 Å². The van der Waals surface area contributed by atoms with Crippen LogP contribution in [0.25, 0.3) is 0 Å². The maximum Gasteiger partial charge on any atom is 0.325 e. The third kappa shape index (κ3) is 2.74. The molecule has 7 heteroatoms. The van der Waals surface area contributed by atoms with Gasteiger partial charge in [0, 0.05) is 31.9 Å². The number of esters is 1. The van der Waals surface area contributed by atoms with Crippen molar-refractivity contribution in [1.82, 2.24) is 14.9 Å². The molecule has 7 nitrogen and oxygen atoms in total. The fourth-order valence-electron chi connectivity index (χ4n) is 2.73. The van der Waals surface area contributed by atoms with Crippen molar-refractivity contribution in [1.29, 1.82) is 0 Å². The number of hydrogen-bond donors (Lipinski definition) is 0. The van der Waals surface area contributed by atoms with Gasteiger partial charge in [-0.2, -0.15) is 5.06 Å². The normalized spacial score (nSPS) is 25.8. The van der Waals surface area contributed by atoms with Gasteiger partial charge >= 0.3 is 5.97 Å². The Bertz CT molecular complexity index is 536. The van der Waals surface area contributed by atoms with Gasteiger partial charge in [0.15, 0.2) is 0 Å². The first-order chi connectivity index (χ1) is 10.2. The van der Waals surface area contributed by atoms with Crippen LogP contribution >= 0.6 is 0 Å². The van der Waals surface area contributed by atoms with Crippen LogP contribution in [0.5, 0.6) is 0 Å². The lowest BCUT2D eigenvalue weighted by molar-refractivity contribution is -0.191. The van der Waals surface area contributed by atoms with Crippen LogP contribution < -0.4 is 0 Å². The first kappa shape index (κ1) is 14.0. The first-order valence-corrected chi connectivity index (χ1v) is 6.88. The Kier molecular flexibility index (Phi) is 3.85. The average molecular weight is 291 g/mol. The lowest BCUT2D eigenvalue weighted by atomic mass is 10.0. The molecule has 0 spiro atoms. The summed E-state index contributed by atoms with van der Waals surface area (Å²) >= 11 is 0. The van der Waals surface area contributed by atoms with E-state index in [4.69, 9.17) is 4.84 Å². The van der Waals surface area contributed by atoms with Gasteiger partial charge in [0.1, 0.15) is 18.7 Å². The molecule has 112 valence electrons. The molecule has 2 saturated heterocycles. The Labute approximate surface area is 122 Å². The summed E-state index contributed by atoms with van der Waals surface area (Å²) in [4.78, 5) is 35.1. The molecule has 0 saturated carbocycles. The van der Waals surface area contributed by atoms with Crippen molar-refractivity contribution in [3.05, 3.63) is 30.1 Å². The smallest absolute Gasteiger partial charge is 0.325 e. The van der Waals surface area contributed by atoms with Crippen molar-refractivity contribution in [2.75, 3.05) is 26.7 Å². The molecule has 21 heavy (non-hydrogen) atoms. The Morgan fingerprint density at radius 2 is 2.19 bits per heavy atom. The van der Waals surface area contributed by atoms with Crippen LogP contribution in [0, 0.1) is 0 Å². The average Bonchev–Trinajstić information content (AvgIpc) is 2.96. The topological polar surface area (TPSA) is 72.0 Å². The van der Waals surface area contributed by atoms with Gasteiger partial charge in [-0.05, 0) is 17.7 Å². The van der Waals surface area contributed by atoms with Crippen LogP contribution in [-0.2, 0) is 19.2 Å². The minimum Gasteiger partial charge on any atom is -0.468 e. The molecular formula is C14H17N3O4. The van der Waals surface area contributed by atoms with Crippen molar-refractivity contribution in [3.8, 4) is 0 Å². The number of hydrogen-bond acceptors (Lipinski definition) is 6. The van der Waals surface area contributed by atoms with E-state index in [1.807, 2.05) is 12.1 Å². The molecule has 2 aliphatic heterocycles. The number of ether oxygens (including phenoxy) is 1. The van der Waals surface area contributed by atoms with Crippen molar-refractivity contribution in [2.45, 2.75) is 18.6 Å². The Morgan fingerprint density at radius 1 is 1.43 bits per heavy atom. The summed E-state index contributed by atoms with van der Waals surface area (Å²) in [7, 11) is 1.32. The van der Waals surface area contributed by atoms with Gasteiger partial charge in [0.25, 0.3) is 0 Å². The zero-order valence-corrected chi connectivity index (χ0v) is 11.8. The van der Waals surface area contributed by atoms with Gasteiger partial charge in [0.05, 0.1) is 7.11 Å². The largest absolute Gasteiger partial charge is 0.468 e. The summed E-state index contributed by atoms with van der Waals surface area (Å²) in [5.41, 5.74) is 1.01. The Balaban J connectivity index is 1.69. The highest BCUT2D eigenvalue weighted by Crippen LogP contribution is 2.35. The van der Waals surface area contributed by atoms with Crippen molar-refractivity contribution >= 4 is 11.9 Å². The Morgan fingerprint density at radius 3 is 2.90 bits per heavy atom. The fraction of sp³-hybridized carbons (Fsp3) is 0.500. The van der Waals surface area contributed by atoms with Gasteiger partial charge < -0.3 is 9.64 Å². The number of rotatable bonds is 3. The summed E-state index contributed by atoms with van der Waals surface area (Å²) in [5, 5.41) is 1.72. The van der Waals surface area contributed by atoms with E-state index in [1.165, 1.54) is 12.0 Å². The van der Waals surface area contributed by atoms with Crippen LogP contribution in [-0.4, -0.2) is 59.6 Å². The predicted molar refractivity (Wildman–Crippen MR) is 71.8 cm³/mol. The molecule has 1 amide bonds. The summed E-state index contributed by atoms with van der Waals surface area (Å²) in [5.74, 6) is -0.482. The highest BCUT2D eigenvalue weighted by molar-refractivity contribution is 5.86. The predicted octanol–water partition coefficient (Wildman–Crippen LogP) is 0.144. The third-order valence-corrected chi connectivity index (χ3v) is 3.86. The van der Waals surface area contributed by atoms with E-state index in [0.717, 1.165) is 5.56 Å². The van der Waals surface area contributed by atoms with Gasteiger partial charge in [-0.3, -0.25) is 19.4 Å². The molecule has 0 bridgehead atoms. The monoisotopic (exact) mass is 291 g/mol. The molecule has 0 aliphatic carbocycles. The first-order valence-electron chi connectivity index (χ1n) is 6.88. The summed E-state index contributed by atoms with van der Waals surface area (Å²) in [6, 6.07) is 3.45. The zero-order chi connectivity index (χ0) is 14.8. The van der Waals surface area contributed by atoms with Crippen LogP contribution in [0.2, 0.25) is 0 Å². The van der Waals surface area contributed by atoms with Crippen LogP contribution in [0.3, 0.4) is 0 Å². The molecule has 1 aromatic rings. The molecule has 3 rings (SSSR count). The number of aromatic nitrogens is 1. The molecule has 0 aromatic carbocycles. The number of pyridine rings is 1. The molecule has 2 aliphatic rings.